The van der Waals surface area contributed by atoms with Crippen LogP contribution in [-0.4, -0.2) is 0 Å². The summed E-state index contributed by atoms with van der Waals surface area (Å²) in [5.74, 6) is 0. The lowest BCUT2D eigenvalue weighted by Gasteiger charge is -2.30. The molecule has 6 heteroatoms. The molecule has 2 heterocycles. The maximum Gasteiger partial charge on any atom is 0.195 e. The molecule has 14 aromatic rings. The SMILES string of the molecule is [C-]#[N+]c1ccc(N(c2ccc3ccc4c(N(c5cccc6c(C#N)cccc56)c5cccc6c5oc5ccccc56)ccc5ccc2c3c54)c2cccc3c2oc2ccccc23)c2ccccc12. The van der Waals surface area contributed by atoms with Crippen molar-refractivity contribution < 1.29 is 8.83 Å². The van der Waals surface area contributed by atoms with Gasteiger partial charge in [-0.3, -0.25) is 0 Å². The van der Waals surface area contributed by atoms with Gasteiger partial charge in [-0.15, -0.1) is 0 Å². The van der Waals surface area contributed by atoms with E-state index >= 15 is 0 Å². The van der Waals surface area contributed by atoms with E-state index in [4.69, 9.17) is 15.4 Å². The predicted octanol–water partition coefficient (Wildman–Crippen LogP) is 18.1. The Morgan fingerprint density at radius 2 is 0.765 bits per heavy atom. The first-order valence-corrected chi connectivity index (χ1v) is 22.6. The van der Waals surface area contributed by atoms with Crippen LogP contribution in [0.1, 0.15) is 5.56 Å². The molecule has 0 radical (unpaired) electrons. The summed E-state index contributed by atoms with van der Waals surface area (Å²) in [7, 11) is 0. The van der Waals surface area contributed by atoms with E-state index in [1.165, 1.54) is 0 Å². The zero-order valence-corrected chi connectivity index (χ0v) is 36.2. The van der Waals surface area contributed by atoms with Crippen LogP contribution in [0.4, 0.5) is 39.8 Å². The zero-order chi connectivity index (χ0) is 45.0. The smallest absolute Gasteiger partial charge is 0.195 e. The second-order valence-corrected chi connectivity index (χ2v) is 17.3. The van der Waals surface area contributed by atoms with Crippen LogP contribution in [0.3, 0.4) is 0 Å². The van der Waals surface area contributed by atoms with E-state index in [2.05, 4.69) is 148 Å². The fourth-order valence-electron chi connectivity index (χ4n) is 10.9. The van der Waals surface area contributed by atoms with Gasteiger partial charge in [0.1, 0.15) is 11.2 Å². The molecule has 2 aromatic heterocycles. The van der Waals surface area contributed by atoms with Crippen LogP contribution in [-0.2, 0) is 0 Å². The van der Waals surface area contributed by atoms with Crippen molar-refractivity contribution in [3.8, 4) is 6.07 Å². The van der Waals surface area contributed by atoms with Crippen LogP contribution in [0.15, 0.2) is 215 Å². The fraction of sp³-hybridized carbons (Fsp3) is 0. The molecule has 0 N–H and O–H groups in total. The van der Waals surface area contributed by atoms with Crippen molar-refractivity contribution in [1.29, 1.82) is 5.26 Å². The average Bonchev–Trinajstić information content (AvgIpc) is 3.98. The summed E-state index contributed by atoms with van der Waals surface area (Å²) in [6.07, 6.45) is 0. The molecule has 0 spiro atoms. The van der Waals surface area contributed by atoms with Gasteiger partial charge in [0.05, 0.1) is 52.3 Å². The molecule has 68 heavy (non-hydrogen) atoms. The molecule has 0 aliphatic rings. The summed E-state index contributed by atoms with van der Waals surface area (Å²) in [5.41, 5.74) is 10.0. The Bertz CT molecular complexity index is 4270. The second kappa shape index (κ2) is 14.4. The predicted molar refractivity (Wildman–Crippen MR) is 280 cm³/mol. The van der Waals surface area contributed by atoms with Crippen LogP contribution in [0.5, 0.6) is 0 Å². The van der Waals surface area contributed by atoms with Crippen molar-refractivity contribution in [2.24, 2.45) is 0 Å². The number of hydrogen-bond donors (Lipinski definition) is 0. The maximum atomic E-state index is 10.3. The van der Waals surface area contributed by atoms with E-state index < -0.39 is 0 Å². The first-order valence-electron chi connectivity index (χ1n) is 22.6. The highest BCUT2D eigenvalue weighted by Crippen LogP contribution is 2.52. The Balaban J connectivity index is 1.08. The average molecular weight is 867 g/mol. The summed E-state index contributed by atoms with van der Waals surface area (Å²) in [6.45, 7) is 8.08. The van der Waals surface area contributed by atoms with Gasteiger partial charge in [0, 0.05) is 43.1 Å². The number of furan rings is 2. The minimum atomic E-state index is 0.604. The van der Waals surface area contributed by atoms with Crippen molar-refractivity contribution in [2.45, 2.75) is 0 Å². The third-order valence-corrected chi connectivity index (χ3v) is 13.8. The Labute approximate surface area is 389 Å². The van der Waals surface area contributed by atoms with E-state index in [0.717, 1.165) is 132 Å². The van der Waals surface area contributed by atoms with Gasteiger partial charge in [-0.05, 0) is 86.9 Å². The third-order valence-electron chi connectivity index (χ3n) is 13.8. The third kappa shape index (κ3) is 5.31. The highest BCUT2D eigenvalue weighted by molar-refractivity contribution is 6.29. The van der Waals surface area contributed by atoms with E-state index in [1.54, 1.807) is 0 Å². The summed E-state index contributed by atoms with van der Waals surface area (Å²) in [6, 6.07) is 73.8. The van der Waals surface area contributed by atoms with Gasteiger partial charge >= 0.3 is 0 Å². The van der Waals surface area contributed by atoms with Crippen molar-refractivity contribution in [3.63, 3.8) is 0 Å². The summed E-state index contributed by atoms with van der Waals surface area (Å²) in [4.78, 5) is 8.58. The van der Waals surface area contributed by atoms with Crippen LogP contribution < -0.4 is 9.80 Å². The molecule has 0 bridgehead atoms. The van der Waals surface area contributed by atoms with Gasteiger partial charge in [0.15, 0.2) is 16.9 Å². The normalized spacial score (nSPS) is 11.8. The number of hydrogen-bond acceptors (Lipinski definition) is 5. The molecule has 0 aliphatic carbocycles. The van der Waals surface area contributed by atoms with Crippen LogP contribution >= 0.6 is 0 Å². The molecule has 12 aromatic carbocycles. The lowest BCUT2D eigenvalue weighted by atomic mass is 9.91. The number of anilines is 6. The molecular formula is C62H34N4O2. The molecule has 0 fully saturated rings. The molecule has 0 saturated carbocycles. The van der Waals surface area contributed by atoms with Gasteiger partial charge < -0.3 is 18.6 Å². The lowest BCUT2D eigenvalue weighted by Crippen LogP contribution is -2.12. The minimum absolute atomic E-state index is 0.604. The molecule has 0 unspecified atom stereocenters. The van der Waals surface area contributed by atoms with E-state index in [-0.39, 0.29) is 0 Å². The van der Waals surface area contributed by atoms with Crippen LogP contribution in [0.25, 0.3) is 103 Å². The quantitative estimate of drug-likeness (QED) is 0.123. The summed E-state index contributed by atoms with van der Waals surface area (Å²) < 4.78 is 13.6. The molecule has 0 saturated heterocycles. The topological polar surface area (TPSA) is 60.9 Å². The molecule has 0 atom stereocenters. The van der Waals surface area contributed by atoms with Gasteiger partial charge in [-0.2, -0.15) is 5.26 Å². The van der Waals surface area contributed by atoms with Crippen molar-refractivity contribution in [2.75, 3.05) is 9.80 Å². The molecule has 0 amide bonds. The zero-order valence-electron chi connectivity index (χ0n) is 36.2. The first kappa shape index (κ1) is 37.7. The number of nitriles is 1. The number of nitrogens with zero attached hydrogens (tertiary/aromatic N) is 4. The van der Waals surface area contributed by atoms with E-state index in [0.29, 0.717) is 11.3 Å². The fourth-order valence-corrected chi connectivity index (χ4v) is 10.9. The van der Waals surface area contributed by atoms with Crippen molar-refractivity contribution in [1.82, 2.24) is 0 Å². The molecule has 14 rings (SSSR count). The first-order chi connectivity index (χ1) is 33.7. The van der Waals surface area contributed by atoms with E-state index in [1.807, 2.05) is 78.9 Å². The van der Waals surface area contributed by atoms with Crippen LogP contribution in [0.2, 0.25) is 0 Å². The Hall–Kier alpha value is -9.62. The van der Waals surface area contributed by atoms with Gasteiger partial charge in [0.2, 0.25) is 0 Å². The highest BCUT2D eigenvalue weighted by Gasteiger charge is 2.27. The number of benzene rings is 12. The summed E-state index contributed by atoms with van der Waals surface area (Å²) >= 11 is 0. The molecule has 314 valence electrons. The van der Waals surface area contributed by atoms with Gasteiger partial charge in [0.25, 0.3) is 0 Å². The van der Waals surface area contributed by atoms with Crippen molar-refractivity contribution >= 4 is 138 Å². The number of fused-ring (bicyclic) bond motifs is 8. The maximum absolute atomic E-state index is 10.3. The second-order valence-electron chi connectivity index (χ2n) is 17.3. The highest BCUT2D eigenvalue weighted by atomic mass is 16.3. The van der Waals surface area contributed by atoms with Gasteiger partial charge in [-0.1, -0.05) is 152 Å². The Morgan fingerprint density at radius 1 is 0.353 bits per heavy atom. The van der Waals surface area contributed by atoms with Crippen LogP contribution in [0, 0.1) is 17.9 Å². The largest absolute Gasteiger partial charge is 0.454 e. The Morgan fingerprint density at radius 3 is 1.34 bits per heavy atom. The molecule has 6 nitrogen and oxygen atoms in total. The number of para-hydroxylation sites is 4. The molecular weight excluding hydrogens is 833 g/mol. The minimum Gasteiger partial charge on any atom is -0.454 e. The monoisotopic (exact) mass is 866 g/mol. The lowest BCUT2D eigenvalue weighted by molar-refractivity contribution is 0.669. The van der Waals surface area contributed by atoms with Crippen molar-refractivity contribution in [3.05, 3.63) is 223 Å². The number of rotatable bonds is 6. The standard InChI is InChI=1S/C62H34N4O2/c1-64-50-32-35-52(43-14-3-2-13-41(43)50)66(56-23-11-20-47-45-16-5-7-25-58(45)68-62(47)56)54-34-29-38-26-30-48-53(33-28-37-27-31-49(54)60(38)59(37)48)65(51-21-9-17-40-39(36-63)12-8-18-42(40)51)55-22-10-19-46-44-15-4-6-24-57(44)67-61(46)55/h2-35H. The molecule has 0 aliphatic heterocycles. The van der Waals surface area contributed by atoms with Gasteiger partial charge in [-0.25, -0.2) is 4.85 Å². The summed E-state index contributed by atoms with van der Waals surface area (Å²) in [5, 5.41) is 24.8. The van der Waals surface area contributed by atoms with E-state index in [9.17, 15) is 5.26 Å². The Kier molecular flexibility index (Phi) is 8.01.